The van der Waals surface area contributed by atoms with Crippen LogP contribution in [0.15, 0.2) is 12.2 Å². The molecular weight excluding hydrogens is 152 g/mol. The predicted octanol–water partition coefficient (Wildman–Crippen LogP) is -0.444. The minimum absolute atomic E-state index is 0. The van der Waals surface area contributed by atoms with Crippen LogP contribution in [0.25, 0.3) is 0 Å². The van der Waals surface area contributed by atoms with Gasteiger partial charge in [-0.1, -0.05) is 0 Å². The van der Waals surface area contributed by atoms with E-state index in [0.29, 0.717) is 12.2 Å². The monoisotopic (exact) mass is 158 g/mol. The quantitative estimate of drug-likeness (QED) is 0.422. The first kappa shape index (κ1) is 11.7. The van der Waals surface area contributed by atoms with Crippen LogP contribution in [0.3, 0.4) is 0 Å². The van der Waals surface area contributed by atoms with Gasteiger partial charge in [-0.2, -0.15) is 0 Å². The zero-order valence-electron chi connectivity index (χ0n) is 6.57. The fourth-order valence-corrected chi connectivity index (χ4v) is 0.143. The van der Waals surface area contributed by atoms with E-state index in [0.717, 1.165) is 0 Å². The van der Waals surface area contributed by atoms with E-state index < -0.39 is 11.9 Å². The largest absolute Gasteiger partial charge is 2.00 e. The molecule has 48 valence electrons. The third kappa shape index (κ3) is 11.5. The second kappa shape index (κ2) is 6.07. The van der Waals surface area contributed by atoms with Gasteiger partial charge in [0.1, 0.15) is 0 Å². The predicted molar refractivity (Wildman–Crippen MR) is 32.4 cm³/mol. The van der Waals surface area contributed by atoms with Crippen LogP contribution in [0.1, 0.15) is 2.85 Å². The molecule has 9 heavy (non-hydrogen) atoms. The molecule has 0 saturated heterocycles. The molecule has 0 saturated carbocycles. The molecule has 0 unspecified atom stereocenters. The summed E-state index contributed by atoms with van der Waals surface area (Å²) in [5.41, 5.74) is 0. The first-order valence-corrected chi connectivity index (χ1v) is 1.77. The molecule has 0 aromatic heterocycles. The van der Waals surface area contributed by atoms with E-state index in [1.807, 2.05) is 0 Å². The van der Waals surface area contributed by atoms with Crippen molar-refractivity contribution in [3.05, 3.63) is 12.2 Å². The Morgan fingerprint density at radius 3 is 1.44 bits per heavy atom. The molecule has 0 heterocycles. The molecule has 0 fully saturated rings. The van der Waals surface area contributed by atoms with Crippen LogP contribution in [-0.2, 0) is 9.59 Å². The van der Waals surface area contributed by atoms with Crippen LogP contribution in [0.2, 0.25) is 0 Å². The van der Waals surface area contributed by atoms with E-state index >= 15 is 0 Å². The standard InChI is InChI=1S/C4H4O4.Ca.2H/c5-3(6)1-2-4(7)8;;;/h1-2H,(H,5,6)(H,7,8);;;/q;+2;2*-1/b2-1-;;;. The van der Waals surface area contributed by atoms with Crippen molar-refractivity contribution in [3.8, 4) is 0 Å². The topological polar surface area (TPSA) is 74.6 Å². The van der Waals surface area contributed by atoms with E-state index in [9.17, 15) is 9.59 Å². The average molecular weight is 158 g/mol. The summed E-state index contributed by atoms with van der Waals surface area (Å²) in [4.78, 5) is 19.1. The molecule has 0 aliphatic carbocycles. The molecular formula is C4H6CaO4. The van der Waals surface area contributed by atoms with Crippen molar-refractivity contribution < 1.29 is 22.7 Å². The summed E-state index contributed by atoms with van der Waals surface area (Å²) < 4.78 is 0. The van der Waals surface area contributed by atoms with Crippen molar-refractivity contribution in [1.82, 2.24) is 0 Å². The van der Waals surface area contributed by atoms with Gasteiger partial charge in [0, 0.05) is 12.2 Å². The van der Waals surface area contributed by atoms with Crippen LogP contribution in [0.5, 0.6) is 0 Å². The van der Waals surface area contributed by atoms with Gasteiger partial charge >= 0.3 is 49.7 Å². The summed E-state index contributed by atoms with van der Waals surface area (Å²) in [6.07, 6.45) is 1.12. The number of carbonyl (C=O) groups is 2. The van der Waals surface area contributed by atoms with Gasteiger partial charge in [0.05, 0.1) is 0 Å². The number of carboxylic acid groups (broad SMARTS) is 2. The van der Waals surface area contributed by atoms with Crippen LogP contribution in [0, 0.1) is 0 Å². The summed E-state index contributed by atoms with van der Waals surface area (Å²) in [5.74, 6) is -2.51. The Hall–Kier alpha value is -0.0603. The van der Waals surface area contributed by atoms with Crippen molar-refractivity contribution in [2.75, 3.05) is 0 Å². The van der Waals surface area contributed by atoms with E-state index in [4.69, 9.17) is 10.2 Å². The van der Waals surface area contributed by atoms with Crippen LogP contribution in [0.4, 0.5) is 0 Å². The smallest absolute Gasteiger partial charge is 1.00 e. The normalized spacial score (nSPS) is 8.44. The van der Waals surface area contributed by atoms with E-state index in [1.54, 1.807) is 0 Å². The third-order valence-electron chi connectivity index (χ3n) is 0.368. The number of aliphatic carboxylic acids is 2. The van der Waals surface area contributed by atoms with Crippen LogP contribution < -0.4 is 0 Å². The maximum atomic E-state index is 9.55. The van der Waals surface area contributed by atoms with Crippen LogP contribution in [-0.4, -0.2) is 59.9 Å². The summed E-state index contributed by atoms with van der Waals surface area (Å²) in [6.45, 7) is 0. The van der Waals surface area contributed by atoms with Gasteiger partial charge in [0.2, 0.25) is 0 Å². The Morgan fingerprint density at radius 2 is 1.33 bits per heavy atom. The zero-order chi connectivity index (χ0) is 6.57. The number of hydrogen-bond acceptors (Lipinski definition) is 2. The second-order valence-electron chi connectivity index (χ2n) is 1.01. The molecule has 0 aliphatic heterocycles. The Bertz CT molecular complexity index is 131. The Kier molecular flexibility index (Phi) is 7.89. The molecule has 0 aliphatic rings. The van der Waals surface area contributed by atoms with Crippen molar-refractivity contribution in [1.29, 1.82) is 0 Å². The minimum atomic E-state index is -1.26. The number of rotatable bonds is 2. The first-order valence-electron chi connectivity index (χ1n) is 1.77. The van der Waals surface area contributed by atoms with E-state index in [2.05, 4.69) is 0 Å². The Labute approximate surface area is 84.1 Å². The van der Waals surface area contributed by atoms with Crippen molar-refractivity contribution in [2.45, 2.75) is 0 Å². The molecule has 0 bridgehead atoms. The fraction of sp³-hybridized carbons (Fsp3) is 0. The zero-order valence-corrected chi connectivity index (χ0v) is 6.78. The second-order valence-corrected chi connectivity index (χ2v) is 1.01. The van der Waals surface area contributed by atoms with Gasteiger partial charge in [0.25, 0.3) is 0 Å². The molecule has 2 N–H and O–H groups in total. The summed E-state index contributed by atoms with van der Waals surface area (Å²) in [7, 11) is 0. The van der Waals surface area contributed by atoms with Gasteiger partial charge < -0.3 is 13.1 Å². The minimum Gasteiger partial charge on any atom is -1.00 e. The molecule has 0 aromatic rings. The maximum Gasteiger partial charge on any atom is 2.00 e. The number of hydrogen-bond donors (Lipinski definition) is 2. The molecule has 0 rings (SSSR count). The van der Waals surface area contributed by atoms with Crippen molar-refractivity contribution >= 4 is 49.7 Å². The van der Waals surface area contributed by atoms with Gasteiger partial charge in [-0.05, 0) is 0 Å². The van der Waals surface area contributed by atoms with Gasteiger partial charge in [-0.25, -0.2) is 9.59 Å². The average Bonchev–Trinajstić information content (AvgIpc) is 1.61. The third-order valence-corrected chi connectivity index (χ3v) is 0.368. The molecule has 0 amide bonds. The fourth-order valence-electron chi connectivity index (χ4n) is 0.143. The SMILES string of the molecule is O=C(O)/C=C\C(=O)O.[Ca+2].[H-].[H-]. The molecule has 0 radical (unpaired) electrons. The Balaban J connectivity index is -0.0000000817. The van der Waals surface area contributed by atoms with Gasteiger partial charge in [0.15, 0.2) is 0 Å². The maximum absolute atomic E-state index is 9.55. The number of carboxylic acids is 2. The van der Waals surface area contributed by atoms with Gasteiger partial charge in [-0.15, -0.1) is 0 Å². The molecule has 0 spiro atoms. The van der Waals surface area contributed by atoms with Crippen LogP contribution >= 0.6 is 0 Å². The molecule has 0 atom stereocenters. The Morgan fingerprint density at radius 1 is 1.11 bits per heavy atom. The summed E-state index contributed by atoms with van der Waals surface area (Å²) >= 11 is 0. The van der Waals surface area contributed by atoms with E-state index in [1.165, 1.54) is 0 Å². The summed E-state index contributed by atoms with van der Waals surface area (Å²) in [5, 5.41) is 15.6. The summed E-state index contributed by atoms with van der Waals surface area (Å²) in [6, 6.07) is 0. The van der Waals surface area contributed by atoms with E-state index in [-0.39, 0.29) is 40.6 Å². The molecule has 5 heteroatoms. The van der Waals surface area contributed by atoms with Gasteiger partial charge in [-0.3, -0.25) is 0 Å². The molecule has 0 aromatic carbocycles. The molecule has 4 nitrogen and oxygen atoms in total. The van der Waals surface area contributed by atoms with Crippen molar-refractivity contribution in [3.63, 3.8) is 0 Å². The van der Waals surface area contributed by atoms with Crippen molar-refractivity contribution in [2.24, 2.45) is 0 Å². The first-order chi connectivity index (χ1) is 3.63.